The van der Waals surface area contributed by atoms with Crippen molar-refractivity contribution in [1.29, 1.82) is 0 Å². The van der Waals surface area contributed by atoms with Gasteiger partial charge in [0.1, 0.15) is 17.2 Å². The maximum absolute atomic E-state index is 13.9. The fourth-order valence-electron chi connectivity index (χ4n) is 5.22. The number of aromatic nitrogens is 1. The number of halogens is 3. The average Bonchev–Trinajstić information content (AvgIpc) is 3.34. The smallest absolute Gasteiger partial charge is 0.339 e. The summed E-state index contributed by atoms with van der Waals surface area (Å²) in [6.07, 6.45) is 2.56. The number of hydrogen-bond donors (Lipinski definition) is 0. The van der Waals surface area contributed by atoms with Crippen LogP contribution in [-0.2, 0) is 10.3 Å². The topological polar surface area (TPSA) is 51.5 Å². The summed E-state index contributed by atoms with van der Waals surface area (Å²) in [6, 6.07) is 15.6. The van der Waals surface area contributed by atoms with Crippen LogP contribution in [0.2, 0.25) is 5.02 Å². The molecule has 0 saturated carbocycles. The lowest BCUT2D eigenvalue weighted by atomic mass is 9.83. The number of likely N-dealkylation sites (tertiary alicyclic amines) is 1. The summed E-state index contributed by atoms with van der Waals surface area (Å²) < 4.78 is 35.2. The van der Waals surface area contributed by atoms with E-state index in [0.717, 1.165) is 11.6 Å². The molecule has 6 rings (SSSR count). The van der Waals surface area contributed by atoms with E-state index in [2.05, 4.69) is 0 Å². The van der Waals surface area contributed by atoms with Crippen molar-refractivity contribution in [3.63, 3.8) is 0 Å². The number of fused-ring (bicyclic) bond motifs is 3. The molecular weight excluding hydrogens is 474 g/mol. The first-order valence-corrected chi connectivity index (χ1v) is 11.6. The summed E-state index contributed by atoms with van der Waals surface area (Å²) in [4.78, 5) is 27.7. The van der Waals surface area contributed by atoms with Crippen LogP contribution in [-0.4, -0.2) is 34.4 Å². The third-order valence-corrected chi connectivity index (χ3v) is 7.14. The first-order valence-electron chi connectivity index (χ1n) is 11.2. The van der Waals surface area contributed by atoms with Crippen LogP contribution in [0.1, 0.15) is 39.1 Å². The number of esters is 1. The lowest BCUT2D eigenvalue weighted by Gasteiger charge is -2.38. The van der Waals surface area contributed by atoms with Crippen molar-refractivity contribution in [2.75, 3.05) is 13.1 Å². The van der Waals surface area contributed by atoms with Crippen molar-refractivity contribution in [3.8, 4) is 5.69 Å². The predicted molar refractivity (Wildman–Crippen MR) is 127 cm³/mol. The lowest BCUT2D eigenvalue weighted by molar-refractivity contribution is -0.0389. The molecule has 0 atom stereocenters. The van der Waals surface area contributed by atoms with Gasteiger partial charge in [0, 0.05) is 54.2 Å². The van der Waals surface area contributed by atoms with Gasteiger partial charge >= 0.3 is 5.97 Å². The van der Waals surface area contributed by atoms with Gasteiger partial charge < -0.3 is 14.2 Å². The van der Waals surface area contributed by atoms with E-state index in [-0.39, 0.29) is 17.6 Å². The molecule has 0 radical (unpaired) electrons. The molecule has 0 unspecified atom stereocenters. The second-order valence-electron chi connectivity index (χ2n) is 8.92. The number of piperidine rings is 1. The average molecular weight is 493 g/mol. The summed E-state index contributed by atoms with van der Waals surface area (Å²) in [5, 5.41) is 1.07. The highest BCUT2D eigenvalue weighted by Gasteiger charge is 2.47. The second-order valence-corrected chi connectivity index (χ2v) is 9.36. The Balaban J connectivity index is 1.34. The number of amides is 1. The number of ether oxygens (including phenoxy) is 1. The van der Waals surface area contributed by atoms with Gasteiger partial charge in [0.15, 0.2) is 0 Å². The molecule has 0 bridgehead atoms. The fourth-order valence-corrected chi connectivity index (χ4v) is 5.39. The fraction of sp³-hybridized carbons (Fsp3) is 0.185. The minimum absolute atomic E-state index is 0.208. The maximum atomic E-state index is 13.9. The monoisotopic (exact) mass is 492 g/mol. The van der Waals surface area contributed by atoms with E-state index in [1.807, 2.05) is 18.2 Å². The Morgan fingerprint density at radius 1 is 0.971 bits per heavy atom. The predicted octanol–water partition coefficient (Wildman–Crippen LogP) is 5.86. The van der Waals surface area contributed by atoms with E-state index in [1.54, 1.807) is 39.9 Å². The van der Waals surface area contributed by atoms with Crippen molar-refractivity contribution in [3.05, 3.63) is 100 Å². The molecular formula is C27H19ClF2N2O3. The Labute approximate surface area is 204 Å². The summed E-state index contributed by atoms with van der Waals surface area (Å²) >= 11 is 6.20. The highest BCUT2D eigenvalue weighted by molar-refractivity contribution is 6.31. The van der Waals surface area contributed by atoms with E-state index in [4.69, 9.17) is 16.3 Å². The van der Waals surface area contributed by atoms with Crippen LogP contribution in [0.15, 0.2) is 66.9 Å². The largest absolute Gasteiger partial charge is 0.450 e. The van der Waals surface area contributed by atoms with E-state index >= 15 is 0 Å². The molecule has 3 heterocycles. The maximum Gasteiger partial charge on any atom is 0.339 e. The van der Waals surface area contributed by atoms with Gasteiger partial charge in [-0.2, -0.15) is 0 Å². The van der Waals surface area contributed by atoms with Crippen LogP contribution >= 0.6 is 11.6 Å². The highest BCUT2D eigenvalue weighted by atomic mass is 35.5. The quantitative estimate of drug-likeness (QED) is 0.329. The lowest BCUT2D eigenvalue weighted by Crippen LogP contribution is -2.45. The second kappa shape index (κ2) is 7.92. The van der Waals surface area contributed by atoms with Crippen LogP contribution in [0.4, 0.5) is 8.78 Å². The van der Waals surface area contributed by atoms with Crippen molar-refractivity contribution < 1.29 is 23.1 Å². The Morgan fingerprint density at radius 3 is 2.43 bits per heavy atom. The molecule has 4 aromatic rings. The zero-order valence-corrected chi connectivity index (χ0v) is 19.2. The molecule has 3 aromatic carbocycles. The van der Waals surface area contributed by atoms with Crippen LogP contribution < -0.4 is 0 Å². The van der Waals surface area contributed by atoms with Crippen molar-refractivity contribution >= 4 is 34.4 Å². The summed E-state index contributed by atoms with van der Waals surface area (Å²) in [7, 11) is 0. The van der Waals surface area contributed by atoms with E-state index in [9.17, 15) is 18.4 Å². The number of carbonyl (C=O) groups excluding carboxylic acids is 2. The van der Waals surface area contributed by atoms with Gasteiger partial charge in [-0.25, -0.2) is 13.6 Å². The number of nitrogens with zero attached hydrogens (tertiary/aromatic N) is 2. The van der Waals surface area contributed by atoms with Gasteiger partial charge in [0.05, 0.1) is 22.3 Å². The van der Waals surface area contributed by atoms with Gasteiger partial charge in [0.25, 0.3) is 5.91 Å². The number of hydrogen-bond acceptors (Lipinski definition) is 3. The van der Waals surface area contributed by atoms with Gasteiger partial charge in [0.2, 0.25) is 0 Å². The highest BCUT2D eigenvalue weighted by Crippen LogP contribution is 2.44. The van der Waals surface area contributed by atoms with Crippen molar-refractivity contribution in [1.82, 2.24) is 9.47 Å². The van der Waals surface area contributed by atoms with E-state index < -0.39 is 17.2 Å². The van der Waals surface area contributed by atoms with E-state index in [0.29, 0.717) is 53.0 Å². The molecule has 8 heteroatoms. The zero-order chi connectivity index (χ0) is 24.3. The van der Waals surface area contributed by atoms with Gasteiger partial charge in [-0.05, 0) is 30.3 Å². The molecule has 35 heavy (non-hydrogen) atoms. The summed E-state index contributed by atoms with van der Waals surface area (Å²) in [6.45, 7) is 0.796. The molecule has 0 N–H and O–H groups in total. The van der Waals surface area contributed by atoms with Gasteiger partial charge in [-0.3, -0.25) is 4.79 Å². The van der Waals surface area contributed by atoms with Crippen LogP contribution in [0, 0.1) is 11.6 Å². The first kappa shape index (κ1) is 21.8. The number of benzene rings is 3. The van der Waals surface area contributed by atoms with Crippen LogP contribution in [0.3, 0.4) is 0 Å². The summed E-state index contributed by atoms with van der Waals surface area (Å²) in [5.74, 6) is -1.97. The van der Waals surface area contributed by atoms with E-state index in [1.165, 1.54) is 12.1 Å². The molecule has 1 saturated heterocycles. The molecule has 2 aliphatic rings. The van der Waals surface area contributed by atoms with Crippen molar-refractivity contribution in [2.24, 2.45) is 0 Å². The van der Waals surface area contributed by atoms with Crippen LogP contribution in [0.5, 0.6) is 0 Å². The molecule has 0 aliphatic carbocycles. The molecule has 2 aliphatic heterocycles. The normalized spacial score (nSPS) is 16.5. The number of rotatable bonds is 2. The Bertz CT molecular complexity index is 1500. The molecule has 5 nitrogen and oxygen atoms in total. The Hall–Kier alpha value is -3.71. The summed E-state index contributed by atoms with van der Waals surface area (Å²) in [5.41, 5.74) is 1.96. The third kappa shape index (κ3) is 3.49. The Kier molecular flexibility index (Phi) is 4.93. The number of carbonyl (C=O) groups is 2. The standard InChI is InChI=1S/C27H19ClF2N2O3/c28-16-5-6-20-22(15-32(24(20)11-16)19-13-17(29)12-18(30)14-19)25(33)31-9-7-27(8-10-31)23-4-2-1-3-21(23)26(34)35-27/h1-6,11-15H,7-10H2. The van der Waals surface area contributed by atoms with Gasteiger partial charge in [-0.15, -0.1) is 0 Å². The third-order valence-electron chi connectivity index (χ3n) is 6.91. The molecule has 176 valence electrons. The van der Waals surface area contributed by atoms with Crippen molar-refractivity contribution in [2.45, 2.75) is 18.4 Å². The molecule has 1 fully saturated rings. The Morgan fingerprint density at radius 2 is 1.69 bits per heavy atom. The molecule has 1 spiro atoms. The minimum atomic E-state index is -0.718. The molecule has 1 aromatic heterocycles. The van der Waals surface area contributed by atoms with Gasteiger partial charge in [-0.1, -0.05) is 35.9 Å². The SMILES string of the molecule is O=C1OC2(CCN(C(=O)c3cn(-c4cc(F)cc(F)c4)c4cc(Cl)ccc34)CC2)c2ccccc21. The zero-order valence-electron chi connectivity index (χ0n) is 18.4. The van der Waals surface area contributed by atoms with Crippen LogP contribution in [0.25, 0.3) is 16.6 Å². The molecule has 1 amide bonds. The first-order chi connectivity index (χ1) is 16.8. The minimum Gasteiger partial charge on any atom is -0.450 e.